The maximum Gasteiger partial charge on any atom is 0.573 e. The van der Waals surface area contributed by atoms with Crippen LogP contribution >= 0.6 is 0 Å². The van der Waals surface area contributed by atoms with Gasteiger partial charge in [0, 0.05) is 5.56 Å². The smallest absolute Gasteiger partial charge is 0.573 e. The molecular formula is C14H9F3N5O3S-. The molecule has 0 radical (unpaired) electrons. The van der Waals surface area contributed by atoms with E-state index in [1.165, 1.54) is 12.1 Å². The molecule has 0 saturated carbocycles. The maximum atomic E-state index is 12.3. The van der Waals surface area contributed by atoms with Crippen molar-refractivity contribution < 1.29 is 26.3 Å². The summed E-state index contributed by atoms with van der Waals surface area (Å²) in [7, 11) is -4.14. The summed E-state index contributed by atoms with van der Waals surface area (Å²) in [5.41, 5.74) is 0.590. The number of rotatable bonds is 5. The molecule has 1 aromatic heterocycles. The third-order valence-electron chi connectivity index (χ3n) is 3.03. The van der Waals surface area contributed by atoms with E-state index in [2.05, 4.69) is 30.1 Å². The molecule has 3 rings (SSSR count). The number of sulfonamides is 1. The van der Waals surface area contributed by atoms with Gasteiger partial charge in [-0.1, -0.05) is 24.3 Å². The first-order chi connectivity index (χ1) is 12.2. The van der Waals surface area contributed by atoms with Crippen molar-refractivity contribution in [3.05, 3.63) is 53.3 Å². The first-order valence-electron chi connectivity index (χ1n) is 6.91. The number of benzene rings is 2. The van der Waals surface area contributed by atoms with Gasteiger partial charge in [-0.3, -0.25) is 0 Å². The van der Waals surface area contributed by atoms with Crippen molar-refractivity contribution in [1.29, 1.82) is 0 Å². The SMILES string of the molecule is O=S(=O)([N-]c1cccc(-c2nn[nH]n2)c1)c1ccc(OC(F)(F)F)cc1. The van der Waals surface area contributed by atoms with Crippen molar-refractivity contribution in [3.8, 4) is 17.1 Å². The second-order valence-corrected chi connectivity index (χ2v) is 6.48. The predicted molar refractivity (Wildman–Crippen MR) is 82.9 cm³/mol. The molecule has 0 aliphatic carbocycles. The molecule has 0 unspecified atom stereocenters. The van der Waals surface area contributed by atoms with Crippen LogP contribution in [0, 0.1) is 0 Å². The Morgan fingerprint density at radius 3 is 2.42 bits per heavy atom. The van der Waals surface area contributed by atoms with Gasteiger partial charge in [-0.05, 0) is 29.5 Å². The minimum absolute atomic E-state index is 0.0999. The van der Waals surface area contributed by atoms with Crippen LogP contribution in [0.2, 0.25) is 0 Å². The zero-order chi connectivity index (χ0) is 18.8. The molecular weight excluding hydrogens is 375 g/mol. The van der Waals surface area contributed by atoms with E-state index in [1.54, 1.807) is 12.1 Å². The van der Waals surface area contributed by atoms with Gasteiger partial charge in [0.1, 0.15) is 15.8 Å². The quantitative estimate of drug-likeness (QED) is 0.723. The predicted octanol–water partition coefficient (Wildman–Crippen LogP) is 3.16. The topological polar surface area (TPSA) is 112 Å². The monoisotopic (exact) mass is 384 g/mol. The summed E-state index contributed by atoms with van der Waals surface area (Å²) in [6.07, 6.45) is -4.86. The molecule has 26 heavy (non-hydrogen) atoms. The van der Waals surface area contributed by atoms with Gasteiger partial charge in [-0.15, -0.1) is 29.1 Å². The van der Waals surface area contributed by atoms with Gasteiger partial charge >= 0.3 is 6.36 Å². The number of hydrogen-bond acceptors (Lipinski definition) is 6. The van der Waals surface area contributed by atoms with Gasteiger partial charge in [-0.2, -0.15) is 5.21 Å². The van der Waals surface area contributed by atoms with Crippen molar-refractivity contribution in [1.82, 2.24) is 20.6 Å². The third kappa shape index (κ3) is 4.27. The average molecular weight is 384 g/mol. The second-order valence-electron chi connectivity index (χ2n) is 4.87. The Balaban J connectivity index is 1.80. The lowest BCUT2D eigenvalue weighted by molar-refractivity contribution is -0.274. The molecule has 8 nitrogen and oxygen atoms in total. The summed E-state index contributed by atoms with van der Waals surface area (Å²) in [4.78, 5) is -0.281. The molecule has 1 heterocycles. The largest absolute Gasteiger partial charge is 0.573 e. The van der Waals surface area contributed by atoms with E-state index in [4.69, 9.17) is 0 Å². The van der Waals surface area contributed by atoms with E-state index in [0.29, 0.717) is 5.56 Å². The van der Waals surface area contributed by atoms with Crippen molar-refractivity contribution in [2.24, 2.45) is 0 Å². The number of tetrazole rings is 1. The lowest BCUT2D eigenvalue weighted by atomic mass is 10.2. The molecule has 0 saturated heterocycles. The molecule has 12 heteroatoms. The van der Waals surface area contributed by atoms with Crippen LogP contribution in [0.25, 0.3) is 16.1 Å². The minimum Gasteiger partial charge on any atom is -0.573 e. The normalized spacial score (nSPS) is 12.0. The Bertz CT molecular complexity index is 989. The summed E-state index contributed by atoms with van der Waals surface area (Å²) in [6, 6.07) is 9.81. The van der Waals surface area contributed by atoms with E-state index >= 15 is 0 Å². The Kier molecular flexibility index (Phi) is 4.50. The summed E-state index contributed by atoms with van der Waals surface area (Å²) in [6.45, 7) is 0. The van der Waals surface area contributed by atoms with Gasteiger partial charge in [0.2, 0.25) is 5.82 Å². The lowest BCUT2D eigenvalue weighted by Crippen LogP contribution is -2.17. The molecule has 0 spiro atoms. The molecule has 0 fully saturated rings. The molecule has 1 N–H and O–H groups in total. The average Bonchev–Trinajstić information content (AvgIpc) is 3.08. The molecule has 0 bridgehead atoms. The van der Waals surface area contributed by atoms with Crippen LogP contribution in [-0.4, -0.2) is 35.4 Å². The Labute approximate surface area is 145 Å². The summed E-state index contributed by atoms with van der Waals surface area (Å²) in [5.74, 6) is -0.274. The number of H-pyrrole nitrogens is 1. The number of nitrogens with zero attached hydrogens (tertiary/aromatic N) is 4. The number of hydrogen-bond donors (Lipinski definition) is 1. The Morgan fingerprint density at radius 2 is 1.81 bits per heavy atom. The van der Waals surface area contributed by atoms with Crippen molar-refractivity contribution >= 4 is 15.7 Å². The Hall–Kier alpha value is -3.15. The second kappa shape index (κ2) is 6.63. The van der Waals surface area contributed by atoms with Gasteiger partial charge in [0.25, 0.3) is 0 Å². The zero-order valence-electron chi connectivity index (χ0n) is 12.7. The van der Waals surface area contributed by atoms with E-state index in [9.17, 15) is 21.6 Å². The number of aromatic nitrogens is 4. The molecule has 0 aliphatic heterocycles. The highest BCUT2D eigenvalue weighted by Gasteiger charge is 2.31. The summed E-state index contributed by atoms with van der Waals surface area (Å²) < 4.78 is 68.4. The van der Waals surface area contributed by atoms with Gasteiger partial charge in [0.05, 0.1) is 4.90 Å². The van der Waals surface area contributed by atoms with Crippen LogP contribution in [-0.2, 0) is 10.0 Å². The van der Waals surface area contributed by atoms with Crippen molar-refractivity contribution in [2.75, 3.05) is 0 Å². The first kappa shape index (κ1) is 17.7. The zero-order valence-corrected chi connectivity index (χ0v) is 13.5. The van der Waals surface area contributed by atoms with Crippen molar-refractivity contribution in [2.45, 2.75) is 11.3 Å². The maximum absolute atomic E-state index is 12.3. The lowest BCUT2D eigenvalue weighted by Gasteiger charge is -2.22. The fourth-order valence-electron chi connectivity index (χ4n) is 1.99. The molecule has 0 aliphatic rings. The first-order valence-corrected chi connectivity index (χ1v) is 8.35. The van der Waals surface area contributed by atoms with Crippen LogP contribution in [0.15, 0.2) is 53.4 Å². The fourth-order valence-corrected chi connectivity index (χ4v) is 2.97. The number of halogens is 3. The number of nitrogens with one attached hydrogen (secondary N) is 1. The van der Waals surface area contributed by atoms with Crippen LogP contribution in [0.4, 0.5) is 18.9 Å². The molecule has 3 aromatic rings. The number of aromatic amines is 1. The van der Waals surface area contributed by atoms with Gasteiger partial charge in [0.15, 0.2) is 0 Å². The van der Waals surface area contributed by atoms with Gasteiger partial charge in [-0.25, -0.2) is 8.42 Å². The van der Waals surface area contributed by atoms with E-state index in [0.717, 1.165) is 24.3 Å². The number of ether oxygens (including phenoxy) is 1. The van der Waals surface area contributed by atoms with Crippen LogP contribution in [0.3, 0.4) is 0 Å². The molecule has 136 valence electrons. The fraction of sp³-hybridized carbons (Fsp3) is 0.0714. The highest BCUT2D eigenvalue weighted by Crippen LogP contribution is 2.31. The minimum atomic E-state index is -4.86. The van der Waals surface area contributed by atoms with E-state index in [1.807, 2.05) is 0 Å². The van der Waals surface area contributed by atoms with Crippen LogP contribution < -0.4 is 4.74 Å². The summed E-state index contributed by atoms with van der Waals surface area (Å²) >= 11 is 0. The third-order valence-corrected chi connectivity index (χ3v) is 4.35. The van der Waals surface area contributed by atoms with E-state index in [-0.39, 0.29) is 16.4 Å². The summed E-state index contributed by atoms with van der Waals surface area (Å²) in [5, 5.41) is 13.2. The highest BCUT2D eigenvalue weighted by atomic mass is 32.2. The van der Waals surface area contributed by atoms with E-state index < -0.39 is 22.1 Å². The van der Waals surface area contributed by atoms with Crippen LogP contribution in [0.1, 0.15) is 0 Å². The standard InChI is InChI=1S/C14H9F3N5O3S/c15-14(16,17)25-11-4-6-12(7-5-11)26(23,24)20-10-3-1-2-9(8-10)13-18-21-22-19-13/h1-8H,(H,18,19,21,22)/q-1. The molecule has 0 atom stereocenters. The highest BCUT2D eigenvalue weighted by molar-refractivity contribution is 7.94. The van der Waals surface area contributed by atoms with Crippen molar-refractivity contribution in [3.63, 3.8) is 0 Å². The molecule has 0 amide bonds. The number of alkyl halides is 3. The van der Waals surface area contributed by atoms with Crippen LogP contribution in [0.5, 0.6) is 5.75 Å². The van der Waals surface area contributed by atoms with Gasteiger partial charge < -0.3 is 9.46 Å². The molecule has 2 aromatic carbocycles. The Morgan fingerprint density at radius 1 is 1.08 bits per heavy atom.